The molecule has 2 aromatic rings. The van der Waals surface area contributed by atoms with Gasteiger partial charge in [-0.15, -0.1) is 0 Å². The molecule has 0 radical (unpaired) electrons. The van der Waals surface area contributed by atoms with Crippen molar-refractivity contribution in [3.05, 3.63) is 36.1 Å². The monoisotopic (exact) mass is 287 g/mol. The lowest BCUT2D eigenvalue weighted by atomic mass is 10.1. The van der Waals surface area contributed by atoms with Gasteiger partial charge in [-0.1, -0.05) is 25.1 Å². The fraction of sp³-hybridized carbons (Fsp3) is 0.529. The van der Waals surface area contributed by atoms with Crippen LogP contribution in [0, 0.1) is 0 Å². The SMILES string of the molecule is CCNC(CN1CCN(C)CC1)c1cc2ccccc2o1. The van der Waals surface area contributed by atoms with E-state index in [9.17, 15) is 0 Å². The zero-order valence-corrected chi connectivity index (χ0v) is 13.0. The van der Waals surface area contributed by atoms with Crippen LogP contribution in [0.4, 0.5) is 0 Å². The van der Waals surface area contributed by atoms with Crippen LogP contribution >= 0.6 is 0 Å². The fourth-order valence-electron chi connectivity index (χ4n) is 2.96. The summed E-state index contributed by atoms with van der Waals surface area (Å²) in [5.74, 6) is 1.05. The highest BCUT2D eigenvalue weighted by Crippen LogP contribution is 2.24. The summed E-state index contributed by atoms with van der Waals surface area (Å²) in [6, 6.07) is 10.7. The van der Waals surface area contributed by atoms with E-state index >= 15 is 0 Å². The highest BCUT2D eigenvalue weighted by molar-refractivity contribution is 5.77. The number of hydrogen-bond donors (Lipinski definition) is 1. The molecule has 1 aromatic carbocycles. The van der Waals surface area contributed by atoms with Gasteiger partial charge in [-0.3, -0.25) is 4.90 Å². The van der Waals surface area contributed by atoms with E-state index in [1.54, 1.807) is 0 Å². The van der Waals surface area contributed by atoms with E-state index in [2.05, 4.69) is 47.3 Å². The number of fused-ring (bicyclic) bond motifs is 1. The average Bonchev–Trinajstić information content (AvgIpc) is 2.93. The number of piperazine rings is 1. The zero-order chi connectivity index (χ0) is 14.7. The highest BCUT2D eigenvalue weighted by Gasteiger charge is 2.21. The summed E-state index contributed by atoms with van der Waals surface area (Å²) < 4.78 is 6.05. The summed E-state index contributed by atoms with van der Waals surface area (Å²) >= 11 is 0. The molecule has 1 unspecified atom stereocenters. The minimum atomic E-state index is 0.269. The second kappa shape index (κ2) is 6.60. The molecule has 0 bridgehead atoms. The maximum Gasteiger partial charge on any atom is 0.134 e. The number of nitrogens with one attached hydrogen (secondary N) is 1. The Morgan fingerprint density at radius 1 is 1.19 bits per heavy atom. The maximum absolute atomic E-state index is 6.05. The van der Waals surface area contributed by atoms with Crippen molar-refractivity contribution in [1.82, 2.24) is 15.1 Å². The largest absolute Gasteiger partial charge is 0.459 e. The molecule has 0 spiro atoms. The predicted octanol–water partition coefficient (Wildman–Crippen LogP) is 2.33. The molecule has 4 nitrogen and oxygen atoms in total. The third kappa shape index (κ3) is 3.46. The molecule has 1 fully saturated rings. The summed E-state index contributed by atoms with van der Waals surface area (Å²) in [4.78, 5) is 4.92. The number of likely N-dealkylation sites (N-methyl/N-ethyl adjacent to an activating group) is 2. The molecule has 1 aliphatic rings. The first-order valence-electron chi connectivity index (χ1n) is 7.89. The van der Waals surface area contributed by atoms with Crippen molar-refractivity contribution in [2.75, 3.05) is 46.3 Å². The van der Waals surface area contributed by atoms with E-state index in [0.29, 0.717) is 0 Å². The minimum absolute atomic E-state index is 0.269. The van der Waals surface area contributed by atoms with Gasteiger partial charge < -0.3 is 14.6 Å². The van der Waals surface area contributed by atoms with Crippen LogP contribution in [-0.2, 0) is 0 Å². The number of para-hydroxylation sites is 1. The number of nitrogens with zero attached hydrogens (tertiary/aromatic N) is 2. The molecular formula is C17H25N3O. The van der Waals surface area contributed by atoms with Crippen LogP contribution < -0.4 is 5.32 Å². The lowest BCUT2D eigenvalue weighted by molar-refractivity contribution is 0.139. The molecule has 2 heterocycles. The van der Waals surface area contributed by atoms with E-state index in [1.807, 2.05) is 12.1 Å². The molecule has 0 aliphatic carbocycles. The van der Waals surface area contributed by atoms with Crippen molar-refractivity contribution in [2.24, 2.45) is 0 Å². The molecule has 0 saturated carbocycles. The van der Waals surface area contributed by atoms with Crippen LogP contribution in [0.2, 0.25) is 0 Å². The second-order valence-electron chi connectivity index (χ2n) is 5.90. The summed E-state index contributed by atoms with van der Waals surface area (Å²) in [6.07, 6.45) is 0. The summed E-state index contributed by atoms with van der Waals surface area (Å²) in [5.41, 5.74) is 0.980. The summed E-state index contributed by atoms with van der Waals surface area (Å²) in [5, 5.41) is 4.76. The molecule has 21 heavy (non-hydrogen) atoms. The molecule has 114 valence electrons. The van der Waals surface area contributed by atoms with Crippen LogP contribution in [0.5, 0.6) is 0 Å². The first kappa shape index (κ1) is 14.6. The van der Waals surface area contributed by atoms with Gasteiger partial charge in [0.2, 0.25) is 0 Å². The molecule has 1 atom stereocenters. The second-order valence-corrected chi connectivity index (χ2v) is 5.90. The maximum atomic E-state index is 6.05. The van der Waals surface area contributed by atoms with E-state index < -0.39 is 0 Å². The molecule has 4 heteroatoms. The first-order valence-corrected chi connectivity index (χ1v) is 7.89. The molecule has 1 N–H and O–H groups in total. The Bertz CT molecular complexity index is 539. The van der Waals surface area contributed by atoms with Crippen LogP contribution in [0.15, 0.2) is 34.7 Å². The number of benzene rings is 1. The van der Waals surface area contributed by atoms with Gasteiger partial charge >= 0.3 is 0 Å². The van der Waals surface area contributed by atoms with Crippen molar-refractivity contribution < 1.29 is 4.42 Å². The zero-order valence-electron chi connectivity index (χ0n) is 13.0. The van der Waals surface area contributed by atoms with Crippen molar-refractivity contribution in [3.63, 3.8) is 0 Å². The molecule has 1 aromatic heterocycles. The number of hydrogen-bond acceptors (Lipinski definition) is 4. The fourth-order valence-corrected chi connectivity index (χ4v) is 2.96. The van der Waals surface area contributed by atoms with Gasteiger partial charge in [0.1, 0.15) is 11.3 Å². The molecule has 0 amide bonds. The third-order valence-corrected chi connectivity index (χ3v) is 4.28. The van der Waals surface area contributed by atoms with Gasteiger partial charge in [-0.25, -0.2) is 0 Å². The minimum Gasteiger partial charge on any atom is -0.459 e. The Balaban J connectivity index is 1.74. The number of rotatable bonds is 5. The van der Waals surface area contributed by atoms with E-state index in [-0.39, 0.29) is 6.04 Å². The molecular weight excluding hydrogens is 262 g/mol. The van der Waals surface area contributed by atoms with Gasteiger partial charge in [0.05, 0.1) is 6.04 Å². The topological polar surface area (TPSA) is 31.6 Å². The van der Waals surface area contributed by atoms with Crippen LogP contribution in [-0.4, -0.2) is 56.1 Å². The van der Waals surface area contributed by atoms with Gasteiger partial charge in [-0.05, 0) is 25.7 Å². The summed E-state index contributed by atoms with van der Waals surface area (Å²) in [7, 11) is 2.19. The Labute approximate surface area is 126 Å². The van der Waals surface area contributed by atoms with Crippen molar-refractivity contribution in [1.29, 1.82) is 0 Å². The van der Waals surface area contributed by atoms with Gasteiger partial charge in [0.15, 0.2) is 0 Å². The van der Waals surface area contributed by atoms with Gasteiger partial charge in [0.25, 0.3) is 0 Å². The standard InChI is InChI=1S/C17H25N3O/c1-3-18-15(13-20-10-8-19(2)9-11-20)17-12-14-6-4-5-7-16(14)21-17/h4-7,12,15,18H,3,8-11,13H2,1-2H3. The first-order chi connectivity index (χ1) is 10.3. The predicted molar refractivity (Wildman–Crippen MR) is 86.6 cm³/mol. The van der Waals surface area contributed by atoms with Crippen molar-refractivity contribution in [3.8, 4) is 0 Å². The lowest BCUT2D eigenvalue weighted by Crippen LogP contribution is -2.47. The van der Waals surface area contributed by atoms with Crippen LogP contribution in [0.3, 0.4) is 0 Å². The Hall–Kier alpha value is -1.36. The van der Waals surface area contributed by atoms with Crippen molar-refractivity contribution >= 4 is 11.0 Å². The third-order valence-electron chi connectivity index (χ3n) is 4.28. The molecule has 1 aliphatic heterocycles. The van der Waals surface area contributed by atoms with Crippen molar-refractivity contribution in [2.45, 2.75) is 13.0 Å². The highest BCUT2D eigenvalue weighted by atomic mass is 16.3. The van der Waals surface area contributed by atoms with E-state index in [4.69, 9.17) is 4.42 Å². The molecule has 3 rings (SSSR count). The molecule has 1 saturated heterocycles. The van der Waals surface area contributed by atoms with Crippen LogP contribution in [0.1, 0.15) is 18.7 Å². The van der Waals surface area contributed by atoms with Gasteiger partial charge in [-0.2, -0.15) is 0 Å². The average molecular weight is 287 g/mol. The quantitative estimate of drug-likeness (QED) is 0.914. The lowest BCUT2D eigenvalue weighted by Gasteiger charge is -2.34. The smallest absolute Gasteiger partial charge is 0.134 e. The van der Waals surface area contributed by atoms with Gasteiger partial charge in [0, 0.05) is 38.1 Å². The normalized spacial score (nSPS) is 19.1. The van der Waals surface area contributed by atoms with E-state index in [0.717, 1.165) is 50.6 Å². The summed E-state index contributed by atoms with van der Waals surface area (Å²) in [6.45, 7) is 8.70. The Kier molecular flexibility index (Phi) is 4.58. The van der Waals surface area contributed by atoms with E-state index in [1.165, 1.54) is 5.39 Å². The Morgan fingerprint density at radius 3 is 2.67 bits per heavy atom. The van der Waals surface area contributed by atoms with Crippen LogP contribution in [0.25, 0.3) is 11.0 Å². The Morgan fingerprint density at radius 2 is 1.95 bits per heavy atom. The number of furan rings is 1.